The zero-order valence-electron chi connectivity index (χ0n) is 9.33. The molecule has 0 aliphatic heterocycles. The van der Waals surface area contributed by atoms with E-state index in [1.54, 1.807) is 6.07 Å². The molecule has 7 heteroatoms. The van der Waals surface area contributed by atoms with E-state index in [4.69, 9.17) is 27.2 Å². The molecule has 92 valence electrons. The molecule has 1 heterocycles. The van der Waals surface area contributed by atoms with Crippen LogP contribution in [0.15, 0.2) is 24.5 Å². The second-order valence-electron chi connectivity index (χ2n) is 3.50. The van der Waals surface area contributed by atoms with E-state index in [2.05, 4.69) is 4.98 Å². The van der Waals surface area contributed by atoms with Crippen LogP contribution in [-0.4, -0.2) is 20.6 Å². The minimum Gasteiger partial charge on any atom is -0.478 e. The van der Waals surface area contributed by atoms with Crippen LogP contribution >= 0.6 is 11.6 Å². The highest BCUT2D eigenvalue weighted by molar-refractivity contribution is 6.31. The molecule has 0 amide bonds. The molecule has 0 unspecified atom stereocenters. The van der Waals surface area contributed by atoms with Gasteiger partial charge in [-0.2, -0.15) is 10.5 Å². The number of nitriles is 2. The fourth-order valence-electron chi connectivity index (χ4n) is 1.61. The van der Waals surface area contributed by atoms with Gasteiger partial charge in [0.25, 0.3) is 0 Å². The third-order valence-corrected chi connectivity index (χ3v) is 2.66. The van der Waals surface area contributed by atoms with Gasteiger partial charge in [0.1, 0.15) is 18.5 Å². The fraction of sp³-hybridized carbons (Fsp3) is 0. The summed E-state index contributed by atoms with van der Waals surface area (Å²) >= 11 is 5.75. The maximum Gasteiger partial charge on any atom is 0.337 e. The number of hydrogen-bond donors (Lipinski definition) is 1. The Labute approximate surface area is 112 Å². The maximum atomic E-state index is 11.2. The molecule has 0 aliphatic carbocycles. The molecule has 2 aromatic rings. The van der Waals surface area contributed by atoms with Gasteiger partial charge in [-0.05, 0) is 18.2 Å². The Balaban J connectivity index is 2.74. The number of rotatable bonds is 2. The van der Waals surface area contributed by atoms with E-state index in [9.17, 15) is 4.79 Å². The third-order valence-electron chi connectivity index (χ3n) is 2.43. The van der Waals surface area contributed by atoms with Gasteiger partial charge >= 0.3 is 5.97 Å². The van der Waals surface area contributed by atoms with Crippen molar-refractivity contribution in [2.75, 3.05) is 0 Å². The van der Waals surface area contributed by atoms with Crippen molar-refractivity contribution < 1.29 is 9.90 Å². The first-order valence-corrected chi connectivity index (χ1v) is 5.37. The minimum atomic E-state index is -1.19. The molecule has 0 aliphatic rings. The first-order chi connectivity index (χ1) is 9.08. The Kier molecular flexibility index (Phi) is 3.19. The molecule has 1 N–H and O–H groups in total. The van der Waals surface area contributed by atoms with Crippen molar-refractivity contribution in [3.05, 3.63) is 46.5 Å². The number of benzene rings is 1. The molecular weight excluding hydrogens is 268 g/mol. The van der Waals surface area contributed by atoms with Gasteiger partial charge in [0.05, 0.1) is 11.3 Å². The summed E-state index contributed by atoms with van der Waals surface area (Å²) in [5.41, 5.74) is 0.0643. The van der Waals surface area contributed by atoms with Crippen LogP contribution in [0, 0.1) is 22.7 Å². The van der Waals surface area contributed by atoms with Gasteiger partial charge in [-0.15, -0.1) is 0 Å². The number of imidazole rings is 1. The molecule has 19 heavy (non-hydrogen) atoms. The van der Waals surface area contributed by atoms with Crippen molar-refractivity contribution >= 4 is 17.6 Å². The van der Waals surface area contributed by atoms with Crippen LogP contribution < -0.4 is 0 Å². The zero-order valence-corrected chi connectivity index (χ0v) is 10.1. The number of carbonyl (C=O) groups is 1. The van der Waals surface area contributed by atoms with E-state index in [0.717, 1.165) is 0 Å². The fourth-order valence-corrected chi connectivity index (χ4v) is 1.78. The van der Waals surface area contributed by atoms with Gasteiger partial charge in [0, 0.05) is 5.02 Å². The lowest BCUT2D eigenvalue weighted by molar-refractivity contribution is 0.0697. The van der Waals surface area contributed by atoms with E-state index in [0.29, 0.717) is 0 Å². The molecule has 0 fully saturated rings. The van der Waals surface area contributed by atoms with Crippen molar-refractivity contribution in [1.29, 1.82) is 10.5 Å². The largest absolute Gasteiger partial charge is 0.478 e. The van der Waals surface area contributed by atoms with Gasteiger partial charge in [-0.1, -0.05) is 11.6 Å². The van der Waals surface area contributed by atoms with Gasteiger partial charge in [-0.3, -0.25) is 4.57 Å². The molecule has 1 aromatic heterocycles. The average Bonchev–Trinajstić information content (AvgIpc) is 2.81. The van der Waals surface area contributed by atoms with Gasteiger partial charge in [-0.25, -0.2) is 9.78 Å². The summed E-state index contributed by atoms with van der Waals surface area (Å²) in [4.78, 5) is 14.9. The van der Waals surface area contributed by atoms with E-state index < -0.39 is 5.97 Å². The lowest BCUT2D eigenvalue weighted by Gasteiger charge is -2.08. The maximum absolute atomic E-state index is 11.2. The van der Waals surface area contributed by atoms with E-state index in [1.807, 2.05) is 6.07 Å². The standard InChI is InChI=1S/C12H5ClN4O2/c13-7-1-2-10(8(3-7)12(18)19)17-6-16-9(4-14)11(17)5-15/h1-3,6H,(H,18,19). The predicted octanol–water partition coefficient (Wildman–Crippen LogP) is 1.97. The van der Waals surface area contributed by atoms with Crippen LogP contribution in [0.3, 0.4) is 0 Å². The molecule has 0 saturated heterocycles. The number of aromatic carboxylic acids is 1. The second-order valence-corrected chi connectivity index (χ2v) is 3.94. The van der Waals surface area contributed by atoms with Crippen molar-refractivity contribution in [1.82, 2.24) is 9.55 Å². The number of halogens is 1. The van der Waals surface area contributed by atoms with Crippen LogP contribution in [0.5, 0.6) is 0 Å². The Morgan fingerprint density at radius 1 is 1.37 bits per heavy atom. The van der Waals surface area contributed by atoms with Gasteiger partial charge < -0.3 is 5.11 Å². The van der Waals surface area contributed by atoms with Crippen molar-refractivity contribution in [3.63, 3.8) is 0 Å². The number of aromatic nitrogens is 2. The molecule has 6 nitrogen and oxygen atoms in total. The molecule has 0 atom stereocenters. The van der Waals surface area contributed by atoms with E-state index >= 15 is 0 Å². The van der Waals surface area contributed by atoms with Crippen molar-refractivity contribution in [3.8, 4) is 17.8 Å². The van der Waals surface area contributed by atoms with Crippen molar-refractivity contribution in [2.24, 2.45) is 0 Å². The summed E-state index contributed by atoms with van der Waals surface area (Å²) in [6.07, 6.45) is 1.23. The lowest BCUT2D eigenvalue weighted by atomic mass is 10.1. The van der Waals surface area contributed by atoms with Crippen LogP contribution in [-0.2, 0) is 0 Å². The van der Waals surface area contributed by atoms with Gasteiger partial charge in [0.2, 0.25) is 0 Å². The molecule has 0 radical (unpaired) electrons. The summed E-state index contributed by atoms with van der Waals surface area (Å²) in [7, 11) is 0. The van der Waals surface area contributed by atoms with Gasteiger partial charge in [0.15, 0.2) is 11.4 Å². The van der Waals surface area contributed by atoms with E-state index in [-0.39, 0.29) is 27.7 Å². The Hall–Kier alpha value is -2.83. The Morgan fingerprint density at radius 3 is 2.68 bits per heavy atom. The predicted molar refractivity (Wildman–Crippen MR) is 65.0 cm³/mol. The van der Waals surface area contributed by atoms with Crippen LogP contribution in [0.25, 0.3) is 5.69 Å². The smallest absolute Gasteiger partial charge is 0.337 e. The highest BCUT2D eigenvalue weighted by Gasteiger charge is 2.17. The Morgan fingerprint density at radius 2 is 2.11 bits per heavy atom. The highest BCUT2D eigenvalue weighted by atomic mass is 35.5. The first-order valence-electron chi connectivity index (χ1n) is 4.99. The summed E-state index contributed by atoms with van der Waals surface area (Å²) in [5.74, 6) is -1.19. The number of carboxylic acids is 1. The van der Waals surface area contributed by atoms with Crippen LogP contribution in [0.1, 0.15) is 21.7 Å². The second kappa shape index (κ2) is 4.81. The average molecular weight is 273 g/mol. The lowest BCUT2D eigenvalue weighted by Crippen LogP contribution is -2.06. The quantitative estimate of drug-likeness (QED) is 0.900. The summed E-state index contributed by atoms with van der Waals surface area (Å²) in [6, 6.07) is 7.82. The number of nitrogens with zero attached hydrogens (tertiary/aromatic N) is 4. The first kappa shape index (κ1) is 12.6. The van der Waals surface area contributed by atoms with Crippen LogP contribution in [0.2, 0.25) is 5.02 Å². The SMILES string of the molecule is N#Cc1ncn(-c2ccc(Cl)cc2C(=O)O)c1C#N. The minimum absolute atomic E-state index is 0.0210. The summed E-state index contributed by atoms with van der Waals surface area (Å²) in [6.45, 7) is 0. The van der Waals surface area contributed by atoms with E-state index in [1.165, 1.54) is 29.1 Å². The molecule has 2 rings (SSSR count). The molecule has 0 bridgehead atoms. The third kappa shape index (κ3) is 2.13. The number of carboxylic acid groups (broad SMARTS) is 1. The topological polar surface area (TPSA) is 103 Å². The normalized spacial score (nSPS) is 9.63. The summed E-state index contributed by atoms with van der Waals surface area (Å²) in [5, 5.41) is 27.3. The van der Waals surface area contributed by atoms with Crippen LogP contribution in [0.4, 0.5) is 0 Å². The highest BCUT2D eigenvalue weighted by Crippen LogP contribution is 2.22. The Bertz CT molecular complexity index is 752. The molecule has 0 spiro atoms. The van der Waals surface area contributed by atoms with Crippen molar-refractivity contribution in [2.45, 2.75) is 0 Å². The summed E-state index contributed by atoms with van der Waals surface area (Å²) < 4.78 is 1.25. The molecular formula is C12H5ClN4O2. The monoisotopic (exact) mass is 272 g/mol. The molecule has 1 aromatic carbocycles. The molecule has 0 saturated carbocycles. The number of hydrogen-bond acceptors (Lipinski definition) is 4. The zero-order chi connectivity index (χ0) is 14.0.